The van der Waals surface area contributed by atoms with Gasteiger partial charge in [0.25, 0.3) is 0 Å². The van der Waals surface area contributed by atoms with Crippen LogP contribution in [0.25, 0.3) is 0 Å². The zero-order chi connectivity index (χ0) is 15.8. The van der Waals surface area contributed by atoms with Gasteiger partial charge in [-0.1, -0.05) is 19.1 Å². The molecule has 0 spiro atoms. The van der Waals surface area contributed by atoms with E-state index in [0.717, 1.165) is 30.2 Å². The zero-order valence-electron chi connectivity index (χ0n) is 13.6. The summed E-state index contributed by atoms with van der Waals surface area (Å²) in [7, 11) is 0. The predicted molar refractivity (Wildman–Crippen MR) is 92.0 cm³/mol. The first-order valence-corrected chi connectivity index (χ1v) is 7.91. The summed E-state index contributed by atoms with van der Waals surface area (Å²) < 4.78 is 11.5. The number of hydrogen-bond acceptors (Lipinski definition) is 3. The third kappa shape index (κ3) is 4.99. The highest BCUT2D eigenvalue weighted by Gasteiger charge is 2.08. The third-order valence-electron chi connectivity index (χ3n) is 3.45. The van der Waals surface area contributed by atoms with Crippen LogP contribution in [-0.4, -0.2) is 19.3 Å². The Balaban J connectivity index is 1.87. The monoisotopic (exact) mass is 299 g/mol. The number of hydrogen-bond donors (Lipinski definition) is 1. The van der Waals surface area contributed by atoms with Crippen molar-refractivity contribution in [2.24, 2.45) is 0 Å². The van der Waals surface area contributed by atoms with Crippen molar-refractivity contribution in [3.05, 3.63) is 54.1 Å². The van der Waals surface area contributed by atoms with Crippen LogP contribution in [0, 0.1) is 6.92 Å². The Labute approximate surface area is 133 Å². The van der Waals surface area contributed by atoms with Crippen molar-refractivity contribution in [1.82, 2.24) is 0 Å². The molecular weight excluding hydrogens is 274 g/mol. The summed E-state index contributed by atoms with van der Waals surface area (Å²) >= 11 is 0. The van der Waals surface area contributed by atoms with Crippen molar-refractivity contribution in [2.45, 2.75) is 33.3 Å². The Bertz CT molecular complexity index is 566. The molecule has 3 heteroatoms. The fourth-order valence-electron chi connectivity index (χ4n) is 2.22. The maximum atomic E-state index is 6.04. The van der Waals surface area contributed by atoms with Gasteiger partial charge in [-0.2, -0.15) is 0 Å². The highest BCUT2D eigenvalue weighted by atomic mass is 16.5. The zero-order valence-corrected chi connectivity index (χ0v) is 13.6. The molecule has 0 fully saturated rings. The van der Waals surface area contributed by atoms with Gasteiger partial charge in [-0.15, -0.1) is 0 Å². The molecule has 0 aliphatic rings. The van der Waals surface area contributed by atoms with Crippen molar-refractivity contribution in [3.63, 3.8) is 0 Å². The average molecular weight is 299 g/mol. The standard InChI is InChI=1S/C19H25NO2/c1-4-17(22-19-8-6-7-15(3)13-19)14-20-16-9-11-18(12-10-16)21-5-2/h6-13,17,20H,4-5,14H2,1-3H3. The van der Waals surface area contributed by atoms with Crippen LogP contribution >= 0.6 is 0 Å². The van der Waals surface area contributed by atoms with E-state index in [9.17, 15) is 0 Å². The minimum absolute atomic E-state index is 0.147. The van der Waals surface area contributed by atoms with Crippen LogP contribution in [0.5, 0.6) is 11.5 Å². The summed E-state index contributed by atoms with van der Waals surface area (Å²) in [5.41, 5.74) is 2.29. The number of rotatable bonds is 8. The van der Waals surface area contributed by atoms with Gasteiger partial charge in [0.1, 0.15) is 17.6 Å². The highest BCUT2D eigenvalue weighted by Crippen LogP contribution is 2.18. The highest BCUT2D eigenvalue weighted by molar-refractivity contribution is 5.46. The van der Waals surface area contributed by atoms with E-state index in [1.165, 1.54) is 5.56 Å². The smallest absolute Gasteiger partial charge is 0.120 e. The number of aryl methyl sites for hydroxylation is 1. The molecule has 0 aromatic heterocycles. The second-order valence-electron chi connectivity index (χ2n) is 5.30. The summed E-state index contributed by atoms with van der Waals surface area (Å²) in [6.45, 7) is 7.67. The Morgan fingerprint density at radius 1 is 1.00 bits per heavy atom. The Kier molecular flexibility index (Phi) is 6.13. The van der Waals surface area contributed by atoms with Gasteiger partial charge in [-0.25, -0.2) is 0 Å². The largest absolute Gasteiger partial charge is 0.494 e. The molecule has 0 radical (unpaired) electrons. The van der Waals surface area contributed by atoms with Crippen LogP contribution < -0.4 is 14.8 Å². The minimum Gasteiger partial charge on any atom is -0.494 e. The molecule has 0 aliphatic heterocycles. The SMILES string of the molecule is CCOc1ccc(NCC(CC)Oc2cccc(C)c2)cc1. The van der Waals surface area contributed by atoms with Crippen LogP contribution in [-0.2, 0) is 0 Å². The molecule has 3 nitrogen and oxygen atoms in total. The molecule has 0 heterocycles. The van der Waals surface area contributed by atoms with Crippen molar-refractivity contribution in [1.29, 1.82) is 0 Å². The van der Waals surface area contributed by atoms with Crippen LogP contribution in [0.2, 0.25) is 0 Å². The number of ether oxygens (including phenoxy) is 2. The van der Waals surface area contributed by atoms with Crippen LogP contribution in [0.3, 0.4) is 0 Å². The van der Waals surface area contributed by atoms with Crippen molar-refractivity contribution in [2.75, 3.05) is 18.5 Å². The lowest BCUT2D eigenvalue weighted by Crippen LogP contribution is -2.25. The van der Waals surface area contributed by atoms with E-state index in [1.807, 2.05) is 43.3 Å². The van der Waals surface area contributed by atoms with Gasteiger partial charge in [0.15, 0.2) is 0 Å². The van der Waals surface area contributed by atoms with Gasteiger partial charge in [-0.05, 0) is 62.2 Å². The Hall–Kier alpha value is -2.16. The van der Waals surface area contributed by atoms with Gasteiger partial charge in [-0.3, -0.25) is 0 Å². The third-order valence-corrected chi connectivity index (χ3v) is 3.45. The summed E-state index contributed by atoms with van der Waals surface area (Å²) in [6, 6.07) is 16.2. The molecule has 2 rings (SSSR count). The number of benzene rings is 2. The van der Waals surface area contributed by atoms with Crippen LogP contribution in [0.15, 0.2) is 48.5 Å². The second kappa shape index (κ2) is 8.32. The van der Waals surface area contributed by atoms with E-state index in [1.54, 1.807) is 0 Å². The van der Waals surface area contributed by atoms with Gasteiger partial charge in [0.2, 0.25) is 0 Å². The van der Waals surface area contributed by atoms with E-state index in [-0.39, 0.29) is 6.10 Å². The van der Waals surface area contributed by atoms with Crippen molar-refractivity contribution < 1.29 is 9.47 Å². The van der Waals surface area contributed by atoms with E-state index in [0.29, 0.717) is 6.61 Å². The Morgan fingerprint density at radius 3 is 2.41 bits per heavy atom. The first-order chi connectivity index (χ1) is 10.7. The molecule has 0 saturated carbocycles. The van der Waals surface area contributed by atoms with Crippen molar-refractivity contribution in [3.8, 4) is 11.5 Å². The topological polar surface area (TPSA) is 30.5 Å². The molecule has 1 N–H and O–H groups in total. The normalized spacial score (nSPS) is 11.8. The molecule has 2 aromatic carbocycles. The maximum Gasteiger partial charge on any atom is 0.120 e. The number of anilines is 1. The first kappa shape index (κ1) is 16.2. The molecule has 1 unspecified atom stereocenters. The fraction of sp³-hybridized carbons (Fsp3) is 0.368. The molecular formula is C19H25NO2. The Morgan fingerprint density at radius 2 is 1.77 bits per heavy atom. The van der Waals surface area contributed by atoms with E-state index < -0.39 is 0 Å². The lowest BCUT2D eigenvalue weighted by atomic mass is 10.2. The predicted octanol–water partition coefficient (Wildman–Crippen LogP) is 4.66. The summed E-state index contributed by atoms with van der Waals surface area (Å²) in [5, 5.41) is 3.42. The summed E-state index contributed by atoms with van der Waals surface area (Å²) in [4.78, 5) is 0. The van der Waals surface area contributed by atoms with E-state index >= 15 is 0 Å². The molecule has 0 aliphatic carbocycles. The molecule has 0 amide bonds. The van der Waals surface area contributed by atoms with Crippen LogP contribution in [0.1, 0.15) is 25.8 Å². The van der Waals surface area contributed by atoms with E-state index in [2.05, 4.69) is 31.3 Å². The van der Waals surface area contributed by atoms with Gasteiger partial charge in [0, 0.05) is 5.69 Å². The summed E-state index contributed by atoms with van der Waals surface area (Å²) in [5.74, 6) is 1.83. The van der Waals surface area contributed by atoms with E-state index in [4.69, 9.17) is 9.47 Å². The lowest BCUT2D eigenvalue weighted by molar-refractivity contribution is 0.210. The molecule has 1 atom stereocenters. The van der Waals surface area contributed by atoms with Crippen LogP contribution in [0.4, 0.5) is 5.69 Å². The lowest BCUT2D eigenvalue weighted by Gasteiger charge is -2.19. The minimum atomic E-state index is 0.147. The number of nitrogens with one attached hydrogen (secondary N) is 1. The van der Waals surface area contributed by atoms with Gasteiger partial charge < -0.3 is 14.8 Å². The molecule has 118 valence electrons. The summed E-state index contributed by atoms with van der Waals surface area (Å²) in [6.07, 6.45) is 1.10. The molecule has 2 aromatic rings. The molecule has 0 saturated heterocycles. The fourth-order valence-corrected chi connectivity index (χ4v) is 2.22. The molecule has 22 heavy (non-hydrogen) atoms. The second-order valence-corrected chi connectivity index (χ2v) is 5.30. The maximum absolute atomic E-state index is 6.04. The first-order valence-electron chi connectivity index (χ1n) is 7.91. The molecule has 0 bridgehead atoms. The van der Waals surface area contributed by atoms with Gasteiger partial charge >= 0.3 is 0 Å². The quantitative estimate of drug-likeness (QED) is 0.768. The average Bonchev–Trinajstić information content (AvgIpc) is 2.53. The van der Waals surface area contributed by atoms with Crippen molar-refractivity contribution >= 4 is 5.69 Å². The van der Waals surface area contributed by atoms with Gasteiger partial charge in [0.05, 0.1) is 13.2 Å².